The Morgan fingerprint density at radius 2 is 0.926 bits per heavy atom. The number of benzene rings is 8. The highest BCUT2D eigenvalue weighted by atomic mass is 15.7. The molecule has 9 aromatic rings. The normalized spacial score (nSPS) is 18.3. The number of nitrogens with one attached hydrogen (secondary N) is 2. The minimum Gasteiger partial charge on any atom is -0.205 e. The number of fused-ring (bicyclic) bond motifs is 6. The molecule has 0 saturated carbocycles. The first-order valence-electron chi connectivity index (χ1n) is 18.9. The Balaban J connectivity index is 1.25. The van der Waals surface area contributed by atoms with E-state index in [0.717, 1.165) is 0 Å². The van der Waals surface area contributed by atoms with E-state index in [9.17, 15) is 0 Å². The van der Waals surface area contributed by atoms with E-state index < -0.39 is 5.41 Å². The molecule has 11 rings (SSSR count). The maximum atomic E-state index is 3.98. The van der Waals surface area contributed by atoms with E-state index in [4.69, 9.17) is 0 Å². The molecule has 1 aliphatic heterocycles. The van der Waals surface area contributed by atoms with Crippen LogP contribution in [0, 0.1) is 0 Å². The predicted octanol–water partition coefficient (Wildman–Crippen LogP) is 10.5. The quantitative estimate of drug-likeness (QED) is 0.178. The van der Waals surface area contributed by atoms with E-state index in [-0.39, 0.29) is 12.3 Å². The fourth-order valence-electron chi connectivity index (χ4n) is 9.53. The molecular formula is C51H38N3+. The van der Waals surface area contributed by atoms with Gasteiger partial charge < -0.3 is 0 Å². The summed E-state index contributed by atoms with van der Waals surface area (Å²) in [5.74, 6) is 0. The first kappa shape index (κ1) is 31.0. The molecule has 2 aliphatic rings. The Kier molecular flexibility index (Phi) is 7.06. The van der Waals surface area contributed by atoms with Gasteiger partial charge in [0, 0.05) is 21.9 Å². The summed E-state index contributed by atoms with van der Waals surface area (Å²) in [4.78, 5) is 0. The molecule has 256 valence electrons. The second-order valence-electron chi connectivity index (χ2n) is 14.7. The van der Waals surface area contributed by atoms with Crippen LogP contribution in [0.25, 0.3) is 44.1 Å². The van der Waals surface area contributed by atoms with Gasteiger partial charge in [-0.2, -0.15) is 9.69 Å². The van der Waals surface area contributed by atoms with Gasteiger partial charge in [-0.15, -0.1) is 0 Å². The number of hydrogen-bond donors (Lipinski definition) is 2. The van der Waals surface area contributed by atoms with Gasteiger partial charge in [0.1, 0.15) is 11.0 Å². The lowest BCUT2D eigenvalue weighted by atomic mass is 9.67. The third-order valence-corrected chi connectivity index (χ3v) is 11.9. The SMILES string of the molecule is c1ccc(-c2ccc3c(c2)c2cc4c(cc2n3[NH+]2C(c3ccccc3)NC2c2ccccc2)-c2ccccc2C4(c2ccccc2)c2ccccc2)cc1. The monoisotopic (exact) mass is 692 g/mol. The molecule has 54 heavy (non-hydrogen) atoms. The Morgan fingerprint density at radius 3 is 1.54 bits per heavy atom. The second-order valence-corrected chi connectivity index (χ2v) is 14.7. The van der Waals surface area contributed by atoms with Crippen molar-refractivity contribution >= 4 is 21.8 Å². The van der Waals surface area contributed by atoms with E-state index in [1.165, 1.54) is 82.4 Å². The van der Waals surface area contributed by atoms with E-state index in [1.54, 1.807) is 0 Å². The molecule has 3 heteroatoms. The van der Waals surface area contributed by atoms with Crippen LogP contribution in [0.3, 0.4) is 0 Å². The number of aromatic nitrogens is 1. The van der Waals surface area contributed by atoms with Crippen LogP contribution in [0.1, 0.15) is 45.7 Å². The van der Waals surface area contributed by atoms with E-state index in [0.29, 0.717) is 0 Å². The van der Waals surface area contributed by atoms with Gasteiger partial charge in [0.15, 0.2) is 12.3 Å². The smallest absolute Gasteiger partial charge is 0.197 e. The van der Waals surface area contributed by atoms with Gasteiger partial charge in [0.2, 0.25) is 0 Å². The summed E-state index contributed by atoms with van der Waals surface area (Å²) < 4.78 is 2.60. The minimum atomic E-state index is -0.474. The molecule has 1 fully saturated rings. The Labute approximate surface area is 315 Å². The van der Waals surface area contributed by atoms with Crippen molar-refractivity contribution in [2.45, 2.75) is 17.7 Å². The lowest BCUT2D eigenvalue weighted by Crippen LogP contribution is -3.24. The van der Waals surface area contributed by atoms with Crippen molar-refractivity contribution < 1.29 is 5.01 Å². The number of rotatable bonds is 6. The van der Waals surface area contributed by atoms with Gasteiger partial charge in [-0.1, -0.05) is 182 Å². The predicted molar refractivity (Wildman–Crippen MR) is 220 cm³/mol. The highest BCUT2D eigenvalue weighted by Gasteiger charge is 2.49. The molecule has 0 amide bonds. The summed E-state index contributed by atoms with van der Waals surface area (Å²) in [5.41, 5.74) is 14.8. The van der Waals surface area contributed by atoms with Crippen molar-refractivity contribution in [3.8, 4) is 22.3 Å². The van der Waals surface area contributed by atoms with Gasteiger partial charge in [0.25, 0.3) is 0 Å². The van der Waals surface area contributed by atoms with Crippen LogP contribution < -0.4 is 10.3 Å². The Morgan fingerprint density at radius 1 is 0.407 bits per heavy atom. The molecule has 0 radical (unpaired) electrons. The van der Waals surface area contributed by atoms with Crippen LogP contribution in [0.15, 0.2) is 206 Å². The Hall–Kier alpha value is -6.52. The van der Waals surface area contributed by atoms with Crippen LogP contribution in [-0.2, 0) is 5.41 Å². The van der Waals surface area contributed by atoms with Crippen LogP contribution in [-0.4, -0.2) is 4.68 Å². The third kappa shape index (κ3) is 4.50. The number of quaternary nitrogens is 1. The molecule has 2 heterocycles. The van der Waals surface area contributed by atoms with Gasteiger partial charge in [0.05, 0.1) is 5.41 Å². The van der Waals surface area contributed by atoms with E-state index in [2.05, 4.69) is 216 Å². The van der Waals surface area contributed by atoms with Crippen LogP contribution in [0.2, 0.25) is 0 Å². The fraction of sp³-hybridized carbons (Fsp3) is 0.0588. The second kappa shape index (κ2) is 12.3. The lowest BCUT2D eigenvalue weighted by molar-refractivity contribution is -1.05. The molecule has 1 saturated heterocycles. The molecule has 1 aromatic heterocycles. The van der Waals surface area contributed by atoms with Crippen molar-refractivity contribution in [1.29, 1.82) is 0 Å². The maximum absolute atomic E-state index is 3.98. The average molecular weight is 693 g/mol. The van der Waals surface area contributed by atoms with Gasteiger partial charge in [-0.05, 0) is 68.8 Å². The van der Waals surface area contributed by atoms with Gasteiger partial charge in [-0.3, -0.25) is 0 Å². The summed E-state index contributed by atoms with van der Waals surface area (Å²) in [6.07, 6.45) is 0.134. The highest BCUT2D eigenvalue weighted by molar-refractivity contribution is 6.11. The van der Waals surface area contributed by atoms with Crippen molar-refractivity contribution in [3.63, 3.8) is 0 Å². The molecule has 0 bridgehead atoms. The summed E-state index contributed by atoms with van der Waals surface area (Å²) in [6, 6.07) is 76.1. The van der Waals surface area contributed by atoms with E-state index in [1.807, 2.05) is 0 Å². The molecule has 2 N–H and O–H groups in total. The van der Waals surface area contributed by atoms with Crippen molar-refractivity contribution in [1.82, 2.24) is 9.99 Å². The van der Waals surface area contributed by atoms with Crippen molar-refractivity contribution in [3.05, 3.63) is 240 Å². The van der Waals surface area contributed by atoms with E-state index >= 15 is 0 Å². The standard InChI is InChI=1S/C51H37N3/c1-6-18-35(19-7-1)38-30-31-47-43(32-38)44-33-46-42(41-28-16-17-29-45(41)51(46,39-24-12-4-13-25-39)40-26-14-5-15-27-40)34-48(44)53(47)54-49(36-20-8-2-9-21-36)52-50(54)37-22-10-3-11-23-37/h1-34,49-50,52H/p+1. The third-order valence-electron chi connectivity index (χ3n) is 11.9. The summed E-state index contributed by atoms with van der Waals surface area (Å²) in [6.45, 7) is 0. The summed E-state index contributed by atoms with van der Waals surface area (Å²) in [5, 5.41) is 7.86. The topological polar surface area (TPSA) is 21.4 Å². The maximum Gasteiger partial charge on any atom is 0.197 e. The molecule has 2 atom stereocenters. The number of hydrogen-bond acceptors (Lipinski definition) is 1. The molecule has 8 aromatic carbocycles. The lowest BCUT2D eigenvalue weighted by Gasteiger charge is -2.46. The summed E-state index contributed by atoms with van der Waals surface area (Å²) in [7, 11) is 0. The first-order chi connectivity index (χ1) is 26.8. The molecule has 2 unspecified atom stereocenters. The number of nitrogens with zero attached hydrogens (tertiary/aromatic N) is 1. The molecule has 1 aliphatic carbocycles. The van der Waals surface area contributed by atoms with Crippen molar-refractivity contribution in [2.75, 3.05) is 0 Å². The first-order valence-corrected chi connectivity index (χ1v) is 18.9. The average Bonchev–Trinajstić information content (AvgIpc) is 3.70. The fourth-order valence-corrected chi connectivity index (χ4v) is 9.53. The van der Waals surface area contributed by atoms with Crippen LogP contribution in [0.4, 0.5) is 0 Å². The Bertz CT molecular complexity index is 2710. The van der Waals surface area contributed by atoms with Crippen molar-refractivity contribution in [2.24, 2.45) is 0 Å². The zero-order chi connectivity index (χ0) is 35.6. The molecule has 0 spiro atoms. The largest absolute Gasteiger partial charge is 0.205 e. The minimum absolute atomic E-state index is 0.0669. The highest BCUT2D eigenvalue weighted by Crippen LogP contribution is 2.57. The zero-order valence-electron chi connectivity index (χ0n) is 29.7. The molecule has 3 nitrogen and oxygen atoms in total. The zero-order valence-corrected chi connectivity index (χ0v) is 29.7. The van der Waals surface area contributed by atoms with Crippen LogP contribution in [0.5, 0.6) is 0 Å². The van der Waals surface area contributed by atoms with Gasteiger partial charge >= 0.3 is 0 Å². The molecular weight excluding hydrogens is 655 g/mol. The van der Waals surface area contributed by atoms with Gasteiger partial charge in [-0.25, -0.2) is 5.32 Å². The van der Waals surface area contributed by atoms with Crippen LogP contribution >= 0.6 is 0 Å². The summed E-state index contributed by atoms with van der Waals surface area (Å²) >= 11 is 0.